The van der Waals surface area contributed by atoms with Crippen LogP contribution in [0, 0.1) is 0 Å². The van der Waals surface area contributed by atoms with Gasteiger partial charge in [0.2, 0.25) is 0 Å². The van der Waals surface area contributed by atoms with E-state index in [1.54, 1.807) is 24.3 Å². The van der Waals surface area contributed by atoms with Crippen LogP contribution in [-0.2, 0) is 0 Å². The minimum absolute atomic E-state index is 0. The van der Waals surface area contributed by atoms with Crippen molar-refractivity contribution < 1.29 is 44.4 Å². The molecule has 1 unspecified atom stereocenters. The van der Waals surface area contributed by atoms with Crippen LogP contribution in [0.25, 0.3) is 0 Å². The number of methoxy groups -OCH3 is 2. The molecule has 0 aliphatic heterocycles. The molecule has 2 N–H and O–H groups in total. The van der Waals surface area contributed by atoms with E-state index in [9.17, 15) is 10.2 Å². The number of benzene rings is 2. The number of hydrogen-bond donors (Lipinski definition) is 2. The molecule has 6 nitrogen and oxygen atoms in total. The lowest BCUT2D eigenvalue weighted by Gasteiger charge is -2.40. The third-order valence-electron chi connectivity index (χ3n) is 8.27. The maximum absolute atomic E-state index is 11.3. The smallest absolute Gasteiger partial charge is 0.118 e. The Bertz CT molecular complexity index is 1430. The van der Waals surface area contributed by atoms with Gasteiger partial charge in [0.25, 0.3) is 0 Å². The van der Waals surface area contributed by atoms with Crippen molar-refractivity contribution in [1.82, 2.24) is 9.80 Å². The van der Waals surface area contributed by atoms with Crippen molar-refractivity contribution in [3.63, 3.8) is 0 Å². The predicted octanol–water partition coefficient (Wildman–Crippen LogP) is 6.61. The first kappa shape index (κ1) is 18.5. The van der Waals surface area contributed by atoms with E-state index in [-0.39, 0.29) is 50.5 Å². The second kappa shape index (κ2) is 18.4. The Hall–Kier alpha value is -1.48. The van der Waals surface area contributed by atoms with Crippen LogP contribution < -0.4 is 9.47 Å². The lowest BCUT2D eigenvalue weighted by molar-refractivity contribution is -0.0280. The van der Waals surface area contributed by atoms with Crippen LogP contribution in [-0.4, -0.2) is 86.3 Å². The second-order valence-electron chi connectivity index (χ2n) is 11.0. The Balaban J connectivity index is 0.000000581. The van der Waals surface area contributed by atoms with Gasteiger partial charge in [-0.1, -0.05) is 62.8 Å². The van der Waals surface area contributed by atoms with Gasteiger partial charge in [0.05, 0.1) is 33.5 Å². The summed E-state index contributed by atoms with van der Waals surface area (Å²) in [6.45, 7) is -12.2. The molecular formula is C34H57ClN2O4S. The first-order valence-corrected chi connectivity index (χ1v) is 13.8. The van der Waals surface area contributed by atoms with Gasteiger partial charge in [0, 0.05) is 41.4 Å². The standard InChI is InChI=1S/2C17H27NO2.ClH.H2S/c2*1-18(2)13-16(17(19)11-5-4-6-12-17)14-7-9-15(20-3)10-8-14;;/h2*7-10,16,19H,4-6,11-13H2,1-3H3;1H;1H2/t16-;;;/m1.../s1/i2*1D3,2D3,3D3;;. The highest BCUT2D eigenvalue weighted by Gasteiger charge is 2.40. The minimum Gasteiger partial charge on any atom is -0.497 e. The summed E-state index contributed by atoms with van der Waals surface area (Å²) < 4.78 is 144. The molecule has 2 aromatic carbocycles. The van der Waals surface area contributed by atoms with Crippen molar-refractivity contribution in [3.8, 4) is 11.5 Å². The SMILES string of the molecule is Cl.S.[2H]C([2H])([2H])Oc1ccc(C(CN(C([2H])([2H])[2H])C([2H])([2H])[2H])C2(O)CCCCC2)cc1.[2H]C([2H])([2H])Oc1ccc([C@@H](CN(C([2H])([2H])[2H])C([2H])([2H])[2H])C2(O)CCCCC2)cc1. The highest BCUT2D eigenvalue weighted by molar-refractivity contribution is 7.59. The normalized spacial score (nSPS) is 27.0. The van der Waals surface area contributed by atoms with Crippen molar-refractivity contribution >= 4 is 25.9 Å². The maximum atomic E-state index is 11.3. The van der Waals surface area contributed by atoms with Crippen LogP contribution in [0.3, 0.4) is 0 Å². The highest BCUT2D eigenvalue weighted by atomic mass is 35.5. The summed E-state index contributed by atoms with van der Waals surface area (Å²) in [7, 11) is -5.22. The largest absolute Gasteiger partial charge is 0.497 e. The minimum atomic E-state index is -2.86. The van der Waals surface area contributed by atoms with E-state index < -0.39 is 65.0 Å². The molecule has 2 aliphatic carbocycles. The Labute approximate surface area is 293 Å². The quantitative estimate of drug-likeness (QED) is 0.304. The lowest BCUT2D eigenvalue weighted by Crippen LogP contribution is -2.42. The Morgan fingerprint density at radius 2 is 0.976 bits per heavy atom. The fourth-order valence-corrected chi connectivity index (χ4v) is 6.10. The summed E-state index contributed by atoms with van der Waals surface area (Å²) in [5, 5.41) is 22.6. The van der Waals surface area contributed by atoms with Crippen LogP contribution in [0.2, 0.25) is 0 Å². The van der Waals surface area contributed by atoms with E-state index in [1.807, 2.05) is 0 Å². The lowest BCUT2D eigenvalue weighted by atomic mass is 9.72. The molecule has 0 saturated heterocycles. The first-order chi connectivity index (χ1) is 26.2. The Morgan fingerprint density at radius 1 is 0.643 bits per heavy atom. The van der Waals surface area contributed by atoms with Crippen molar-refractivity contribution in [3.05, 3.63) is 59.7 Å². The molecule has 0 heterocycles. The summed E-state index contributed by atoms with van der Waals surface area (Å²) in [5.41, 5.74) is -1.43. The molecule has 2 aliphatic rings. The zero-order valence-corrected chi connectivity index (χ0v) is 25.6. The van der Waals surface area contributed by atoms with E-state index in [0.717, 1.165) is 38.5 Å². The van der Waals surface area contributed by atoms with Crippen LogP contribution in [0.5, 0.6) is 11.5 Å². The Morgan fingerprint density at radius 3 is 1.26 bits per heavy atom. The summed E-state index contributed by atoms with van der Waals surface area (Å²) in [6.07, 6.45) is 6.66. The molecule has 2 aromatic rings. The van der Waals surface area contributed by atoms with Crippen LogP contribution >= 0.6 is 25.9 Å². The van der Waals surface area contributed by atoms with Gasteiger partial charge in [-0.05, 0) is 89.0 Å². The van der Waals surface area contributed by atoms with Crippen molar-refractivity contribution in [2.45, 2.75) is 87.2 Å². The molecular weight excluding hydrogens is 568 g/mol. The van der Waals surface area contributed by atoms with Crippen LogP contribution in [0.15, 0.2) is 48.5 Å². The molecule has 0 radical (unpaired) electrons. The van der Waals surface area contributed by atoms with E-state index >= 15 is 0 Å². The Kier molecular flexibility index (Phi) is 8.08. The molecule has 240 valence electrons. The zero-order chi connectivity index (χ0) is 44.2. The molecule has 8 heteroatoms. The van der Waals surface area contributed by atoms with Crippen molar-refractivity contribution in [2.75, 3.05) is 55.1 Å². The van der Waals surface area contributed by atoms with Crippen molar-refractivity contribution in [2.24, 2.45) is 0 Å². The topological polar surface area (TPSA) is 65.4 Å². The number of rotatable bonds is 10. The number of nitrogens with zero attached hydrogens (tertiary/aromatic N) is 2. The van der Waals surface area contributed by atoms with Gasteiger partial charge in [0.15, 0.2) is 0 Å². The van der Waals surface area contributed by atoms with Gasteiger partial charge >= 0.3 is 0 Å². The highest BCUT2D eigenvalue weighted by Crippen LogP contribution is 2.41. The average Bonchev–Trinajstić information content (AvgIpc) is 3.03. The zero-order valence-electron chi connectivity index (χ0n) is 41.8. The molecule has 2 atom stereocenters. The fraction of sp³-hybridized carbons (Fsp3) is 0.647. The van der Waals surface area contributed by atoms with Gasteiger partial charge in [-0.15, -0.1) is 12.4 Å². The summed E-state index contributed by atoms with van der Waals surface area (Å²) >= 11 is 0. The molecule has 4 rings (SSSR count). The third-order valence-corrected chi connectivity index (χ3v) is 8.27. The fourth-order valence-electron chi connectivity index (χ4n) is 6.10. The number of hydrogen-bond acceptors (Lipinski definition) is 6. The molecule has 2 saturated carbocycles. The van der Waals surface area contributed by atoms with Gasteiger partial charge in [-0.25, -0.2) is 0 Å². The molecule has 0 aromatic heterocycles. The van der Waals surface area contributed by atoms with Crippen LogP contribution in [0.4, 0.5) is 0 Å². The van der Waals surface area contributed by atoms with Crippen LogP contribution in [0.1, 0.15) is 112 Å². The summed E-state index contributed by atoms with van der Waals surface area (Å²) in [5.74, 6) is -1.34. The number of likely N-dealkylation sites (N-methyl/N-ethyl adjacent to an activating group) is 2. The van der Waals surface area contributed by atoms with Gasteiger partial charge < -0.3 is 29.5 Å². The van der Waals surface area contributed by atoms with E-state index in [2.05, 4.69) is 0 Å². The molecule has 0 bridgehead atoms. The van der Waals surface area contributed by atoms with Gasteiger partial charge in [-0.3, -0.25) is 0 Å². The summed E-state index contributed by atoms with van der Waals surface area (Å²) in [6, 6.07) is 11.9. The van der Waals surface area contributed by atoms with Gasteiger partial charge in [0.1, 0.15) is 11.5 Å². The second-order valence-corrected chi connectivity index (χ2v) is 11.0. The predicted molar refractivity (Wildman–Crippen MR) is 182 cm³/mol. The van der Waals surface area contributed by atoms with E-state index in [4.69, 9.17) is 34.1 Å². The van der Waals surface area contributed by atoms with E-state index in [0.29, 0.717) is 46.6 Å². The van der Waals surface area contributed by atoms with Crippen molar-refractivity contribution in [1.29, 1.82) is 0 Å². The number of aliphatic hydroxyl groups is 2. The molecule has 42 heavy (non-hydrogen) atoms. The van der Waals surface area contributed by atoms with Gasteiger partial charge in [-0.2, -0.15) is 13.5 Å². The number of halogens is 1. The molecule has 0 amide bonds. The monoisotopic (exact) mass is 642 g/mol. The molecule has 0 spiro atoms. The number of ether oxygens (including phenoxy) is 2. The maximum Gasteiger partial charge on any atom is 0.118 e. The van der Waals surface area contributed by atoms with E-state index in [1.165, 1.54) is 24.3 Å². The third kappa shape index (κ3) is 10.9. The summed E-state index contributed by atoms with van der Waals surface area (Å²) in [4.78, 5) is 0.925. The average molecular weight is 643 g/mol. The molecule has 2 fully saturated rings. The first-order valence-electron chi connectivity index (χ1n) is 22.8.